The predicted octanol–water partition coefficient (Wildman–Crippen LogP) is 6.97. The molecule has 0 radical (unpaired) electrons. The zero-order valence-corrected chi connectivity index (χ0v) is 21.9. The zero-order chi connectivity index (χ0) is 25.5. The minimum Gasteiger partial charge on any atom is -0.372 e. The van der Waals surface area contributed by atoms with Gasteiger partial charge < -0.3 is 10.2 Å². The van der Waals surface area contributed by atoms with E-state index in [1.165, 1.54) is 17.0 Å². The molecule has 1 amide bonds. The second kappa shape index (κ2) is 11.6. The molecule has 6 nitrogen and oxygen atoms in total. The van der Waals surface area contributed by atoms with Crippen molar-refractivity contribution < 1.29 is 4.79 Å². The standard InChI is InChI=1S/C29H31N5OS/c1-5-34(6-2)25-17-11-22(12-18-25)19-30-33-29-31-26(23-13-7-20(3)8-14-23)28(36-29)32-27(35)24-15-9-21(4)10-16-24/h7-19H,5-6H2,1-4H3,(H,31,33)(H,32,35)/b30-19+. The molecule has 0 atom stereocenters. The van der Waals surface area contributed by atoms with Crippen molar-refractivity contribution in [2.24, 2.45) is 5.10 Å². The number of benzene rings is 3. The molecule has 0 saturated heterocycles. The van der Waals surface area contributed by atoms with Crippen LogP contribution in [-0.2, 0) is 0 Å². The Hall–Kier alpha value is -3.97. The fourth-order valence-electron chi connectivity index (χ4n) is 3.76. The quantitative estimate of drug-likeness (QED) is 0.193. The predicted molar refractivity (Wildman–Crippen MR) is 153 cm³/mol. The summed E-state index contributed by atoms with van der Waals surface area (Å²) in [5, 5.41) is 8.69. The third kappa shape index (κ3) is 6.17. The maximum Gasteiger partial charge on any atom is 0.256 e. The molecule has 0 aliphatic carbocycles. The van der Waals surface area contributed by atoms with E-state index in [1.807, 2.05) is 74.5 Å². The van der Waals surface area contributed by atoms with Crippen LogP contribution in [0.2, 0.25) is 0 Å². The topological polar surface area (TPSA) is 69.6 Å². The molecule has 0 spiro atoms. The molecule has 0 bridgehead atoms. The number of carbonyl (C=O) groups excluding carboxylic acids is 1. The van der Waals surface area contributed by atoms with Crippen molar-refractivity contribution in [1.29, 1.82) is 0 Å². The summed E-state index contributed by atoms with van der Waals surface area (Å²) in [4.78, 5) is 19.9. The van der Waals surface area contributed by atoms with Crippen LogP contribution in [-0.4, -0.2) is 30.2 Å². The Bertz CT molecular complexity index is 1320. The first-order valence-corrected chi connectivity index (χ1v) is 12.9. The van der Waals surface area contributed by atoms with Crippen molar-refractivity contribution >= 4 is 39.3 Å². The van der Waals surface area contributed by atoms with Crippen molar-refractivity contribution in [3.05, 3.63) is 95.1 Å². The number of nitrogens with zero attached hydrogens (tertiary/aromatic N) is 3. The van der Waals surface area contributed by atoms with Gasteiger partial charge in [-0.2, -0.15) is 5.10 Å². The highest BCUT2D eigenvalue weighted by Crippen LogP contribution is 2.36. The number of thiazole rings is 1. The molecule has 2 N–H and O–H groups in total. The fourth-order valence-corrected chi connectivity index (χ4v) is 4.59. The molecule has 36 heavy (non-hydrogen) atoms. The van der Waals surface area contributed by atoms with E-state index >= 15 is 0 Å². The van der Waals surface area contributed by atoms with E-state index in [0.29, 0.717) is 21.4 Å². The van der Waals surface area contributed by atoms with Crippen LogP contribution in [0, 0.1) is 13.8 Å². The smallest absolute Gasteiger partial charge is 0.256 e. The summed E-state index contributed by atoms with van der Waals surface area (Å²) in [5.74, 6) is -0.171. The van der Waals surface area contributed by atoms with Crippen molar-refractivity contribution in [3.63, 3.8) is 0 Å². The Balaban J connectivity index is 1.53. The lowest BCUT2D eigenvalue weighted by Crippen LogP contribution is -2.21. The van der Waals surface area contributed by atoms with Gasteiger partial charge in [0.2, 0.25) is 5.13 Å². The number of rotatable bonds is 9. The Kier molecular flexibility index (Phi) is 8.13. The summed E-state index contributed by atoms with van der Waals surface area (Å²) in [7, 11) is 0. The Morgan fingerprint density at radius 2 is 1.53 bits per heavy atom. The normalized spacial score (nSPS) is 11.0. The minimum absolute atomic E-state index is 0.171. The summed E-state index contributed by atoms with van der Waals surface area (Å²) in [5.41, 5.74) is 9.73. The maximum atomic E-state index is 12.9. The van der Waals surface area contributed by atoms with Gasteiger partial charge in [-0.15, -0.1) is 0 Å². The van der Waals surface area contributed by atoms with Gasteiger partial charge in [0, 0.05) is 29.9 Å². The van der Waals surface area contributed by atoms with Crippen molar-refractivity contribution in [3.8, 4) is 11.3 Å². The maximum absolute atomic E-state index is 12.9. The van der Waals surface area contributed by atoms with E-state index in [9.17, 15) is 4.79 Å². The molecular formula is C29H31N5OS. The second-order valence-electron chi connectivity index (χ2n) is 8.52. The molecule has 4 aromatic rings. The highest BCUT2D eigenvalue weighted by molar-refractivity contribution is 7.20. The number of anilines is 3. The van der Waals surface area contributed by atoms with Gasteiger partial charge in [-0.3, -0.25) is 10.2 Å². The Morgan fingerprint density at radius 1 is 0.917 bits per heavy atom. The second-order valence-corrected chi connectivity index (χ2v) is 9.52. The van der Waals surface area contributed by atoms with E-state index in [-0.39, 0.29) is 5.91 Å². The van der Waals surface area contributed by atoms with Crippen LogP contribution in [0.5, 0.6) is 0 Å². The summed E-state index contributed by atoms with van der Waals surface area (Å²) >= 11 is 1.36. The average molecular weight is 498 g/mol. The van der Waals surface area contributed by atoms with Crippen LogP contribution in [0.25, 0.3) is 11.3 Å². The molecule has 3 aromatic carbocycles. The van der Waals surface area contributed by atoms with Gasteiger partial charge >= 0.3 is 0 Å². The highest BCUT2D eigenvalue weighted by Gasteiger charge is 2.16. The highest BCUT2D eigenvalue weighted by atomic mass is 32.1. The lowest BCUT2D eigenvalue weighted by Gasteiger charge is -2.20. The zero-order valence-electron chi connectivity index (χ0n) is 21.1. The van der Waals surface area contributed by atoms with E-state index in [1.54, 1.807) is 6.21 Å². The number of aromatic nitrogens is 1. The minimum atomic E-state index is -0.171. The van der Waals surface area contributed by atoms with Crippen LogP contribution < -0.4 is 15.6 Å². The van der Waals surface area contributed by atoms with Gasteiger partial charge in [0.25, 0.3) is 5.91 Å². The van der Waals surface area contributed by atoms with Gasteiger partial charge in [0.15, 0.2) is 0 Å². The average Bonchev–Trinajstić information content (AvgIpc) is 3.28. The van der Waals surface area contributed by atoms with Crippen molar-refractivity contribution in [2.75, 3.05) is 28.7 Å². The largest absolute Gasteiger partial charge is 0.372 e. The first-order valence-electron chi connectivity index (χ1n) is 12.1. The van der Waals surface area contributed by atoms with E-state index in [0.717, 1.165) is 35.3 Å². The number of aryl methyl sites for hydroxylation is 2. The third-order valence-corrected chi connectivity index (χ3v) is 6.76. The van der Waals surface area contributed by atoms with Crippen molar-refractivity contribution in [2.45, 2.75) is 27.7 Å². The Morgan fingerprint density at radius 3 is 2.14 bits per heavy atom. The number of hydrogen-bond acceptors (Lipinski definition) is 6. The SMILES string of the molecule is CCN(CC)c1ccc(/C=N/Nc2nc(-c3ccc(C)cc3)c(NC(=O)c3ccc(C)cc3)s2)cc1. The Labute approximate surface area is 216 Å². The molecule has 1 heterocycles. The molecule has 184 valence electrons. The summed E-state index contributed by atoms with van der Waals surface area (Å²) in [6.07, 6.45) is 1.77. The summed E-state index contributed by atoms with van der Waals surface area (Å²) in [6, 6.07) is 23.9. The number of carbonyl (C=O) groups is 1. The van der Waals surface area contributed by atoms with E-state index < -0.39 is 0 Å². The summed E-state index contributed by atoms with van der Waals surface area (Å²) < 4.78 is 0. The lowest BCUT2D eigenvalue weighted by atomic mass is 10.1. The fraction of sp³-hybridized carbons (Fsp3) is 0.207. The monoisotopic (exact) mass is 497 g/mol. The number of hydrazone groups is 1. The molecule has 4 rings (SSSR count). The first kappa shape index (κ1) is 25.1. The molecule has 7 heteroatoms. The molecular weight excluding hydrogens is 466 g/mol. The summed E-state index contributed by atoms with van der Waals surface area (Å²) in [6.45, 7) is 10.3. The first-order chi connectivity index (χ1) is 17.5. The number of amides is 1. The lowest BCUT2D eigenvalue weighted by molar-refractivity contribution is 0.102. The molecule has 1 aromatic heterocycles. The van der Waals surface area contributed by atoms with Crippen LogP contribution in [0.3, 0.4) is 0 Å². The molecule has 0 aliphatic heterocycles. The van der Waals surface area contributed by atoms with Gasteiger partial charge in [0.1, 0.15) is 10.7 Å². The van der Waals surface area contributed by atoms with E-state index in [4.69, 9.17) is 4.98 Å². The molecule has 0 unspecified atom stereocenters. The van der Waals surface area contributed by atoms with Crippen LogP contribution in [0.1, 0.15) is 40.9 Å². The third-order valence-electron chi connectivity index (χ3n) is 5.89. The number of nitrogens with one attached hydrogen (secondary N) is 2. The molecule has 0 fully saturated rings. The van der Waals surface area contributed by atoms with Gasteiger partial charge in [0.05, 0.1) is 6.21 Å². The number of hydrogen-bond donors (Lipinski definition) is 2. The molecule has 0 saturated carbocycles. The van der Waals surface area contributed by atoms with Crippen molar-refractivity contribution in [1.82, 2.24) is 4.98 Å². The van der Waals surface area contributed by atoms with Gasteiger partial charge in [-0.1, -0.05) is 71.0 Å². The van der Waals surface area contributed by atoms with Crippen LogP contribution in [0.15, 0.2) is 77.9 Å². The molecule has 0 aliphatic rings. The van der Waals surface area contributed by atoms with Gasteiger partial charge in [-0.05, 0) is 57.5 Å². The van der Waals surface area contributed by atoms with Crippen LogP contribution in [0.4, 0.5) is 15.8 Å². The van der Waals surface area contributed by atoms with Gasteiger partial charge in [-0.25, -0.2) is 4.98 Å². The van der Waals surface area contributed by atoms with E-state index in [2.05, 4.69) is 46.7 Å². The van der Waals surface area contributed by atoms with Crippen LogP contribution >= 0.6 is 11.3 Å².